The predicted octanol–water partition coefficient (Wildman–Crippen LogP) is 1.77. The van der Waals surface area contributed by atoms with Crippen molar-refractivity contribution in [2.24, 2.45) is 0 Å². The quantitative estimate of drug-likeness (QED) is 0.713. The number of hydrogen-bond donors (Lipinski definition) is 2. The number of carbonyl (C=O) groups is 1. The summed E-state index contributed by atoms with van der Waals surface area (Å²) in [6.07, 6.45) is 1.55. The smallest absolute Gasteiger partial charge is 0.339 e. The van der Waals surface area contributed by atoms with Crippen LogP contribution in [0.3, 0.4) is 0 Å². The summed E-state index contributed by atoms with van der Waals surface area (Å²) in [5, 5.41) is 11.7. The van der Waals surface area contributed by atoms with Crippen molar-refractivity contribution in [3.8, 4) is 0 Å². The van der Waals surface area contributed by atoms with Crippen molar-refractivity contribution in [3.63, 3.8) is 0 Å². The maximum absolute atomic E-state index is 10.8. The van der Waals surface area contributed by atoms with Gasteiger partial charge in [-0.3, -0.25) is 0 Å². The SMILES string of the molecule is C=C(C)CNc1ncccc1C(=O)O. The number of aromatic nitrogens is 1. The third-order valence-corrected chi connectivity index (χ3v) is 1.60. The number of carboxylic acid groups (broad SMARTS) is 1. The number of nitrogens with one attached hydrogen (secondary N) is 1. The molecule has 0 aliphatic carbocycles. The molecule has 0 fully saturated rings. The molecule has 0 spiro atoms. The number of aromatic carboxylic acids is 1. The molecule has 4 heteroatoms. The van der Waals surface area contributed by atoms with Crippen molar-refractivity contribution in [1.82, 2.24) is 4.98 Å². The highest BCUT2D eigenvalue weighted by Gasteiger charge is 2.09. The first-order valence-electron chi connectivity index (χ1n) is 4.18. The van der Waals surface area contributed by atoms with E-state index in [4.69, 9.17) is 5.11 Å². The second-order valence-corrected chi connectivity index (χ2v) is 3.02. The van der Waals surface area contributed by atoms with Gasteiger partial charge in [-0.15, -0.1) is 0 Å². The van der Waals surface area contributed by atoms with Crippen LogP contribution in [0.4, 0.5) is 5.82 Å². The van der Waals surface area contributed by atoms with Gasteiger partial charge in [0.1, 0.15) is 11.4 Å². The van der Waals surface area contributed by atoms with Crippen LogP contribution in [0.25, 0.3) is 0 Å². The van der Waals surface area contributed by atoms with E-state index in [1.54, 1.807) is 12.3 Å². The van der Waals surface area contributed by atoms with Crippen LogP contribution in [0, 0.1) is 0 Å². The van der Waals surface area contributed by atoms with Gasteiger partial charge < -0.3 is 10.4 Å². The van der Waals surface area contributed by atoms with Crippen molar-refractivity contribution in [2.75, 3.05) is 11.9 Å². The predicted molar refractivity (Wildman–Crippen MR) is 54.5 cm³/mol. The fourth-order valence-electron chi connectivity index (χ4n) is 0.953. The van der Waals surface area contributed by atoms with Crippen molar-refractivity contribution in [2.45, 2.75) is 6.92 Å². The third kappa shape index (κ3) is 2.58. The molecule has 1 aromatic rings. The van der Waals surface area contributed by atoms with Crippen LogP contribution >= 0.6 is 0 Å². The summed E-state index contributed by atoms with van der Waals surface area (Å²) in [6, 6.07) is 3.10. The largest absolute Gasteiger partial charge is 0.478 e. The standard InChI is InChI=1S/C10H12N2O2/c1-7(2)6-12-9-8(10(13)14)4-3-5-11-9/h3-5H,1,6H2,2H3,(H,11,12)(H,13,14). The number of rotatable bonds is 4. The van der Waals surface area contributed by atoms with E-state index in [1.165, 1.54) is 6.07 Å². The molecule has 0 amide bonds. The third-order valence-electron chi connectivity index (χ3n) is 1.60. The molecule has 0 unspecified atom stereocenters. The molecule has 0 bridgehead atoms. The number of carboxylic acids is 1. The summed E-state index contributed by atoms with van der Waals surface area (Å²) in [5.41, 5.74) is 1.10. The summed E-state index contributed by atoms with van der Waals surface area (Å²) in [7, 11) is 0. The second-order valence-electron chi connectivity index (χ2n) is 3.02. The second kappa shape index (κ2) is 4.41. The Morgan fingerprint density at radius 1 is 1.71 bits per heavy atom. The fourth-order valence-corrected chi connectivity index (χ4v) is 0.953. The Hall–Kier alpha value is -1.84. The first kappa shape index (κ1) is 10.2. The Labute approximate surface area is 82.3 Å². The van der Waals surface area contributed by atoms with E-state index in [-0.39, 0.29) is 5.56 Å². The number of anilines is 1. The molecule has 74 valence electrons. The average molecular weight is 192 g/mol. The lowest BCUT2D eigenvalue weighted by Crippen LogP contribution is -2.09. The molecule has 1 rings (SSSR count). The van der Waals surface area contributed by atoms with Crippen LogP contribution in [-0.4, -0.2) is 22.6 Å². The minimum Gasteiger partial charge on any atom is -0.478 e. The van der Waals surface area contributed by atoms with Gasteiger partial charge in [-0.25, -0.2) is 9.78 Å². The molecule has 0 aromatic carbocycles. The summed E-state index contributed by atoms with van der Waals surface area (Å²) in [6.45, 7) is 6.09. The van der Waals surface area contributed by atoms with E-state index in [9.17, 15) is 4.79 Å². The Kier molecular flexibility index (Phi) is 3.23. The Morgan fingerprint density at radius 2 is 2.43 bits per heavy atom. The molecule has 0 atom stereocenters. The topological polar surface area (TPSA) is 62.2 Å². The molecule has 0 saturated heterocycles. The van der Waals surface area contributed by atoms with Gasteiger partial charge in [-0.05, 0) is 19.1 Å². The van der Waals surface area contributed by atoms with E-state index in [0.29, 0.717) is 12.4 Å². The summed E-state index contributed by atoms with van der Waals surface area (Å²) in [5.74, 6) is -0.606. The molecule has 14 heavy (non-hydrogen) atoms. The van der Waals surface area contributed by atoms with Crippen LogP contribution in [0.15, 0.2) is 30.5 Å². The van der Waals surface area contributed by atoms with Crippen LogP contribution in [0.5, 0.6) is 0 Å². The number of nitrogens with zero attached hydrogens (tertiary/aromatic N) is 1. The normalized spacial score (nSPS) is 9.50. The van der Waals surface area contributed by atoms with Crippen molar-refractivity contribution < 1.29 is 9.90 Å². The molecule has 1 aromatic heterocycles. The minimum atomic E-state index is -0.984. The van der Waals surface area contributed by atoms with Gasteiger partial charge in [-0.2, -0.15) is 0 Å². The monoisotopic (exact) mass is 192 g/mol. The first-order valence-corrected chi connectivity index (χ1v) is 4.18. The molecule has 4 nitrogen and oxygen atoms in total. The van der Waals surface area contributed by atoms with Gasteiger partial charge in [0, 0.05) is 12.7 Å². The highest BCUT2D eigenvalue weighted by atomic mass is 16.4. The fraction of sp³-hybridized carbons (Fsp3) is 0.200. The van der Waals surface area contributed by atoms with Crippen molar-refractivity contribution >= 4 is 11.8 Å². The minimum absolute atomic E-state index is 0.175. The highest BCUT2D eigenvalue weighted by Crippen LogP contribution is 2.11. The number of pyridine rings is 1. The zero-order chi connectivity index (χ0) is 10.6. The van der Waals surface area contributed by atoms with Gasteiger partial charge >= 0.3 is 5.97 Å². The van der Waals surface area contributed by atoms with Crippen molar-refractivity contribution in [3.05, 3.63) is 36.0 Å². The first-order chi connectivity index (χ1) is 6.61. The summed E-state index contributed by atoms with van der Waals surface area (Å²) >= 11 is 0. The van der Waals surface area contributed by atoms with Crippen LogP contribution in [-0.2, 0) is 0 Å². The molecule has 2 N–H and O–H groups in total. The van der Waals surface area contributed by atoms with Gasteiger partial charge in [0.05, 0.1) is 0 Å². The van der Waals surface area contributed by atoms with Crippen molar-refractivity contribution in [1.29, 1.82) is 0 Å². The molecule has 0 saturated carbocycles. The van der Waals surface area contributed by atoms with Gasteiger partial charge in [0.2, 0.25) is 0 Å². The Morgan fingerprint density at radius 3 is 3.00 bits per heavy atom. The highest BCUT2D eigenvalue weighted by molar-refractivity contribution is 5.92. The zero-order valence-corrected chi connectivity index (χ0v) is 7.95. The maximum Gasteiger partial charge on any atom is 0.339 e. The molecular weight excluding hydrogens is 180 g/mol. The molecule has 0 aliphatic rings. The number of hydrogen-bond acceptors (Lipinski definition) is 3. The lowest BCUT2D eigenvalue weighted by molar-refractivity contribution is 0.0697. The van der Waals surface area contributed by atoms with E-state index in [0.717, 1.165) is 5.57 Å². The van der Waals surface area contributed by atoms with Gasteiger partial charge in [0.25, 0.3) is 0 Å². The Balaban J connectivity index is 2.84. The van der Waals surface area contributed by atoms with E-state index in [2.05, 4.69) is 16.9 Å². The lowest BCUT2D eigenvalue weighted by Gasteiger charge is -2.07. The van der Waals surface area contributed by atoms with Gasteiger partial charge in [0.15, 0.2) is 0 Å². The lowest BCUT2D eigenvalue weighted by atomic mass is 10.2. The van der Waals surface area contributed by atoms with Crippen LogP contribution in [0.2, 0.25) is 0 Å². The summed E-state index contributed by atoms with van der Waals surface area (Å²) in [4.78, 5) is 14.7. The molecule has 0 aliphatic heterocycles. The molecule has 1 heterocycles. The Bertz CT molecular complexity index is 361. The van der Waals surface area contributed by atoms with Gasteiger partial charge in [-0.1, -0.05) is 12.2 Å². The van der Waals surface area contributed by atoms with E-state index in [1.807, 2.05) is 6.92 Å². The zero-order valence-electron chi connectivity index (χ0n) is 7.95. The van der Waals surface area contributed by atoms with Crippen LogP contribution < -0.4 is 5.32 Å². The molecular formula is C10H12N2O2. The van der Waals surface area contributed by atoms with Crippen LogP contribution in [0.1, 0.15) is 17.3 Å². The van der Waals surface area contributed by atoms with E-state index >= 15 is 0 Å². The summed E-state index contributed by atoms with van der Waals surface area (Å²) < 4.78 is 0. The van der Waals surface area contributed by atoms with E-state index < -0.39 is 5.97 Å². The maximum atomic E-state index is 10.8. The average Bonchev–Trinajstić information content (AvgIpc) is 2.15. The molecule has 0 radical (unpaired) electrons.